The molecule has 0 fully saturated rings. The van der Waals surface area contributed by atoms with Gasteiger partial charge in [-0.2, -0.15) is 0 Å². The number of hydrogen-bond donors (Lipinski definition) is 3. The van der Waals surface area contributed by atoms with Gasteiger partial charge in [0.05, 0.1) is 7.11 Å². The average Bonchev–Trinajstić information content (AvgIpc) is 2.85. The molecule has 0 saturated heterocycles. The van der Waals surface area contributed by atoms with E-state index in [4.69, 9.17) is 10.5 Å². The zero-order valence-corrected chi connectivity index (χ0v) is 24.2. The SMILES string of the molecule is CCCCCN(C(=O)C(CCC(N)=O)NC(=O)OC(C)(C)C)C(C(=O)NCC(=O)OC)c1cccc(C)c1C. The zero-order chi connectivity index (χ0) is 29.8. The minimum absolute atomic E-state index is 0.0824. The number of hydrogen-bond acceptors (Lipinski definition) is 7. The summed E-state index contributed by atoms with van der Waals surface area (Å²) in [5.41, 5.74) is 6.82. The first kappa shape index (κ1) is 33.4. The van der Waals surface area contributed by atoms with Gasteiger partial charge in [-0.25, -0.2) is 4.79 Å². The third-order valence-electron chi connectivity index (χ3n) is 6.09. The molecule has 11 nitrogen and oxygen atoms in total. The van der Waals surface area contributed by atoms with Crippen LogP contribution in [0.1, 0.15) is 82.5 Å². The second-order valence-corrected chi connectivity index (χ2v) is 10.4. The standard InChI is InChI=1S/C28H44N4O7/c1-8-9-10-16-32(26(36)21(14-15-22(29)33)31-27(37)39-28(4,5)6)24(25(35)30-17-23(34)38-7)20-13-11-12-18(2)19(20)3/h11-13,21,24H,8-10,14-17H2,1-7H3,(H2,29,33)(H,30,35)(H,31,37). The van der Waals surface area contributed by atoms with E-state index in [1.165, 1.54) is 12.0 Å². The molecule has 0 bridgehead atoms. The van der Waals surface area contributed by atoms with Crippen LogP contribution in [0.2, 0.25) is 0 Å². The molecule has 218 valence electrons. The normalized spacial score (nSPS) is 12.6. The Kier molecular flexibility index (Phi) is 13.4. The van der Waals surface area contributed by atoms with Gasteiger partial charge in [0.15, 0.2) is 0 Å². The van der Waals surface area contributed by atoms with Crippen LogP contribution in [0.5, 0.6) is 0 Å². The highest BCUT2D eigenvalue weighted by molar-refractivity contribution is 5.93. The first-order chi connectivity index (χ1) is 18.2. The lowest BCUT2D eigenvalue weighted by Crippen LogP contribution is -2.53. The van der Waals surface area contributed by atoms with E-state index < -0.39 is 47.5 Å². The molecule has 2 unspecified atom stereocenters. The van der Waals surface area contributed by atoms with Gasteiger partial charge in [-0.05, 0) is 64.2 Å². The van der Waals surface area contributed by atoms with Gasteiger partial charge in [-0.15, -0.1) is 0 Å². The number of benzene rings is 1. The van der Waals surface area contributed by atoms with Gasteiger partial charge in [0, 0.05) is 13.0 Å². The molecule has 1 aromatic rings. The van der Waals surface area contributed by atoms with Gasteiger partial charge in [0.2, 0.25) is 17.7 Å². The molecule has 4 amide bonds. The Morgan fingerprint density at radius 3 is 2.31 bits per heavy atom. The minimum Gasteiger partial charge on any atom is -0.468 e. The number of nitrogens with two attached hydrogens (primary N) is 1. The molecule has 0 heterocycles. The van der Waals surface area contributed by atoms with Crippen LogP contribution in [-0.2, 0) is 28.7 Å². The third-order valence-corrected chi connectivity index (χ3v) is 6.09. The molecule has 0 aliphatic rings. The third kappa shape index (κ3) is 11.3. The van der Waals surface area contributed by atoms with Crippen molar-refractivity contribution in [3.63, 3.8) is 0 Å². The molecule has 1 aromatic carbocycles. The van der Waals surface area contributed by atoms with Gasteiger partial charge < -0.3 is 30.7 Å². The molecule has 0 aromatic heterocycles. The minimum atomic E-state index is -1.19. The number of unbranched alkanes of at least 4 members (excludes halogenated alkanes) is 2. The second kappa shape index (κ2) is 15.7. The lowest BCUT2D eigenvalue weighted by atomic mass is 9.94. The molecule has 4 N–H and O–H groups in total. The highest BCUT2D eigenvalue weighted by Gasteiger charge is 2.37. The van der Waals surface area contributed by atoms with E-state index in [2.05, 4.69) is 15.4 Å². The molecular weight excluding hydrogens is 504 g/mol. The number of alkyl carbamates (subject to hydrolysis) is 1. The maximum atomic E-state index is 14.1. The molecule has 0 spiro atoms. The first-order valence-electron chi connectivity index (χ1n) is 13.2. The number of carbonyl (C=O) groups excluding carboxylic acids is 5. The molecule has 2 atom stereocenters. The maximum absolute atomic E-state index is 14.1. The Morgan fingerprint density at radius 2 is 1.74 bits per heavy atom. The molecule has 0 aliphatic heterocycles. The highest BCUT2D eigenvalue weighted by Crippen LogP contribution is 2.28. The Bertz CT molecular complexity index is 1020. The van der Waals surface area contributed by atoms with E-state index in [9.17, 15) is 24.0 Å². The van der Waals surface area contributed by atoms with Crippen LogP contribution in [-0.4, -0.2) is 66.5 Å². The summed E-state index contributed by atoms with van der Waals surface area (Å²) in [5.74, 6) is -2.43. The quantitative estimate of drug-likeness (QED) is 0.238. The van der Waals surface area contributed by atoms with Crippen molar-refractivity contribution in [3.05, 3.63) is 34.9 Å². The van der Waals surface area contributed by atoms with E-state index in [-0.39, 0.29) is 25.9 Å². The van der Waals surface area contributed by atoms with Crippen molar-refractivity contribution in [2.24, 2.45) is 5.73 Å². The van der Waals surface area contributed by atoms with E-state index in [0.717, 1.165) is 24.0 Å². The molecule has 39 heavy (non-hydrogen) atoms. The van der Waals surface area contributed by atoms with Gasteiger partial charge in [0.1, 0.15) is 24.2 Å². The molecule has 0 aliphatic carbocycles. The van der Waals surface area contributed by atoms with Crippen molar-refractivity contribution in [2.75, 3.05) is 20.2 Å². The summed E-state index contributed by atoms with van der Waals surface area (Å²) in [6.07, 6.45) is 1.16. The predicted octanol–water partition coefficient (Wildman–Crippen LogP) is 2.81. The fraction of sp³-hybridized carbons (Fsp3) is 0.607. The number of primary amides is 1. The second-order valence-electron chi connectivity index (χ2n) is 10.4. The number of aryl methyl sites for hydroxylation is 1. The van der Waals surface area contributed by atoms with Crippen molar-refractivity contribution < 1.29 is 33.4 Å². The lowest BCUT2D eigenvalue weighted by molar-refractivity contribution is -0.145. The van der Waals surface area contributed by atoms with Crippen molar-refractivity contribution in [1.29, 1.82) is 0 Å². The van der Waals surface area contributed by atoms with Gasteiger partial charge in [0.25, 0.3) is 0 Å². The van der Waals surface area contributed by atoms with Crippen molar-refractivity contribution in [3.8, 4) is 0 Å². The monoisotopic (exact) mass is 548 g/mol. The molecule has 1 rings (SSSR count). The Balaban J connectivity index is 3.58. The zero-order valence-electron chi connectivity index (χ0n) is 24.2. The van der Waals surface area contributed by atoms with E-state index in [1.807, 2.05) is 26.8 Å². The molecule has 0 radical (unpaired) electrons. The van der Waals surface area contributed by atoms with Crippen LogP contribution in [0.25, 0.3) is 0 Å². The van der Waals surface area contributed by atoms with Crippen molar-refractivity contribution in [2.45, 2.75) is 91.3 Å². The number of nitrogens with one attached hydrogen (secondary N) is 2. The Morgan fingerprint density at radius 1 is 1.08 bits per heavy atom. The fourth-order valence-electron chi connectivity index (χ4n) is 3.94. The number of amides is 4. The summed E-state index contributed by atoms with van der Waals surface area (Å²) in [6.45, 7) is 10.6. The topological polar surface area (TPSA) is 157 Å². The van der Waals surface area contributed by atoms with Crippen LogP contribution in [0.4, 0.5) is 4.79 Å². The first-order valence-corrected chi connectivity index (χ1v) is 13.2. The van der Waals surface area contributed by atoms with Crippen LogP contribution < -0.4 is 16.4 Å². The van der Waals surface area contributed by atoms with Crippen LogP contribution in [0, 0.1) is 13.8 Å². The van der Waals surface area contributed by atoms with Crippen molar-refractivity contribution >= 4 is 29.8 Å². The van der Waals surface area contributed by atoms with Gasteiger partial charge in [-0.1, -0.05) is 38.0 Å². The lowest BCUT2D eigenvalue weighted by Gasteiger charge is -2.35. The van der Waals surface area contributed by atoms with Crippen LogP contribution in [0.3, 0.4) is 0 Å². The van der Waals surface area contributed by atoms with E-state index >= 15 is 0 Å². The number of carbonyl (C=O) groups is 5. The summed E-state index contributed by atoms with van der Waals surface area (Å²) >= 11 is 0. The number of nitrogens with zero attached hydrogens (tertiary/aromatic N) is 1. The maximum Gasteiger partial charge on any atom is 0.408 e. The Labute approximate surface area is 231 Å². The summed E-state index contributed by atoms with van der Waals surface area (Å²) in [4.78, 5) is 65.1. The van der Waals surface area contributed by atoms with Crippen LogP contribution >= 0.6 is 0 Å². The molecular formula is C28H44N4O7. The van der Waals surface area contributed by atoms with Gasteiger partial charge in [-0.3, -0.25) is 19.2 Å². The number of ether oxygens (including phenoxy) is 2. The summed E-state index contributed by atoms with van der Waals surface area (Å²) in [5, 5.41) is 5.14. The molecule has 11 heteroatoms. The predicted molar refractivity (Wildman–Crippen MR) is 147 cm³/mol. The number of esters is 1. The van der Waals surface area contributed by atoms with E-state index in [1.54, 1.807) is 32.9 Å². The van der Waals surface area contributed by atoms with Gasteiger partial charge >= 0.3 is 12.1 Å². The Hall–Kier alpha value is -3.63. The largest absolute Gasteiger partial charge is 0.468 e. The van der Waals surface area contributed by atoms with E-state index in [0.29, 0.717) is 12.0 Å². The van der Waals surface area contributed by atoms with Crippen LogP contribution in [0.15, 0.2) is 18.2 Å². The van der Waals surface area contributed by atoms with Crippen molar-refractivity contribution in [1.82, 2.24) is 15.5 Å². The summed E-state index contributed by atoms with van der Waals surface area (Å²) in [6, 6.07) is 3.14. The highest BCUT2D eigenvalue weighted by atomic mass is 16.6. The number of rotatable bonds is 14. The smallest absolute Gasteiger partial charge is 0.408 e. The summed E-state index contributed by atoms with van der Waals surface area (Å²) < 4.78 is 9.99. The molecule has 0 saturated carbocycles. The summed E-state index contributed by atoms with van der Waals surface area (Å²) in [7, 11) is 1.21. The number of methoxy groups -OCH3 is 1. The average molecular weight is 549 g/mol. The fourth-order valence-corrected chi connectivity index (χ4v) is 3.94.